The smallest absolute Gasteiger partial charge is 0.407 e. The Bertz CT molecular complexity index is 461. The van der Waals surface area contributed by atoms with E-state index in [2.05, 4.69) is 15.6 Å². The van der Waals surface area contributed by atoms with Gasteiger partial charge < -0.3 is 15.4 Å². The Morgan fingerprint density at radius 3 is 2.65 bits per heavy atom. The van der Waals surface area contributed by atoms with Crippen molar-refractivity contribution in [2.24, 2.45) is 0 Å². The van der Waals surface area contributed by atoms with Crippen molar-refractivity contribution in [2.45, 2.75) is 32.8 Å². The first-order valence-corrected chi connectivity index (χ1v) is 6.30. The van der Waals surface area contributed by atoms with E-state index in [-0.39, 0.29) is 5.82 Å². The Morgan fingerprint density at radius 1 is 1.35 bits per heavy atom. The number of halogens is 2. The van der Waals surface area contributed by atoms with Gasteiger partial charge in [-0.1, -0.05) is 0 Å². The number of hydrogen-bond donors (Lipinski definition) is 2. The van der Waals surface area contributed by atoms with Gasteiger partial charge in [-0.25, -0.2) is 18.6 Å². The number of ether oxygens (including phenoxy) is 1. The normalized spacial score (nSPS) is 11.1. The minimum atomic E-state index is -0.745. The number of carbonyl (C=O) groups excluding carboxylic acids is 1. The molecule has 0 aliphatic rings. The summed E-state index contributed by atoms with van der Waals surface area (Å²) >= 11 is 0. The van der Waals surface area contributed by atoms with Gasteiger partial charge in [0.2, 0.25) is 0 Å². The molecule has 1 amide bonds. The van der Waals surface area contributed by atoms with Crippen LogP contribution in [0.2, 0.25) is 0 Å². The highest BCUT2D eigenvalue weighted by atomic mass is 19.1. The minimum absolute atomic E-state index is 0.0105. The number of rotatable bonds is 5. The number of pyridine rings is 1. The van der Waals surface area contributed by atoms with Gasteiger partial charge in [-0.05, 0) is 27.2 Å². The first-order valence-electron chi connectivity index (χ1n) is 6.30. The van der Waals surface area contributed by atoms with Crippen LogP contribution in [0.4, 0.5) is 19.4 Å². The summed E-state index contributed by atoms with van der Waals surface area (Å²) in [5.74, 6) is -1.48. The van der Waals surface area contributed by atoms with Crippen LogP contribution in [-0.2, 0) is 4.74 Å². The molecule has 5 nitrogen and oxygen atoms in total. The van der Waals surface area contributed by atoms with Gasteiger partial charge in [0, 0.05) is 19.2 Å². The highest BCUT2D eigenvalue weighted by Crippen LogP contribution is 2.10. The average molecular weight is 287 g/mol. The van der Waals surface area contributed by atoms with E-state index in [1.54, 1.807) is 20.8 Å². The van der Waals surface area contributed by atoms with Crippen molar-refractivity contribution in [3.63, 3.8) is 0 Å². The van der Waals surface area contributed by atoms with Crippen molar-refractivity contribution < 1.29 is 18.3 Å². The number of hydrogen-bond acceptors (Lipinski definition) is 4. The van der Waals surface area contributed by atoms with Gasteiger partial charge in [-0.2, -0.15) is 0 Å². The second-order valence-electron chi connectivity index (χ2n) is 5.19. The summed E-state index contributed by atoms with van der Waals surface area (Å²) in [7, 11) is 0. The van der Waals surface area contributed by atoms with E-state index >= 15 is 0 Å². The fourth-order valence-corrected chi connectivity index (χ4v) is 1.34. The third-order valence-electron chi connectivity index (χ3n) is 2.12. The zero-order valence-electron chi connectivity index (χ0n) is 11.8. The first kappa shape index (κ1) is 16.1. The molecule has 0 saturated heterocycles. The van der Waals surface area contributed by atoms with E-state index in [9.17, 15) is 13.6 Å². The van der Waals surface area contributed by atoms with Crippen molar-refractivity contribution in [1.29, 1.82) is 0 Å². The topological polar surface area (TPSA) is 63.2 Å². The number of aromatic nitrogens is 1. The predicted octanol–water partition coefficient (Wildman–Crippen LogP) is 2.69. The quantitative estimate of drug-likeness (QED) is 0.817. The first-order chi connectivity index (χ1) is 9.28. The summed E-state index contributed by atoms with van der Waals surface area (Å²) in [5, 5.41) is 5.29. The van der Waals surface area contributed by atoms with E-state index < -0.39 is 23.3 Å². The number of amides is 1. The van der Waals surface area contributed by atoms with Crippen molar-refractivity contribution in [3.05, 3.63) is 23.9 Å². The summed E-state index contributed by atoms with van der Waals surface area (Å²) in [6.45, 7) is 6.10. The summed E-state index contributed by atoms with van der Waals surface area (Å²) < 4.78 is 30.9. The summed E-state index contributed by atoms with van der Waals surface area (Å²) in [6, 6.07) is 0.758. The Kier molecular flexibility index (Phi) is 5.66. The zero-order valence-corrected chi connectivity index (χ0v) is 11.8. The predicted molar refractivity (Wildman–Crippen MR) is 71.5 cm³/mol. The molecule has 0 unspecified atom stereocenters. The van der Waals surface area contributed by atoms with E-state index in [0.29, 0.717) is 19.5 Å². The van der Waals surface area contributed by atoms with Crippen LogP contribution >= 0.6 is 0 Å². The van der Waals surface area contributed by atoms with Gasteiger partial charge in [0.05, 0.1) is 6.20 Å². The molecule has 20 heavy (non-hydrogen) atoms. The Labute approximate surface area is 116 Å². The van der Waals surface area contributed by atoms with Gasteiger partial charge in [-0.15, -0.1) is 0 Å². The Hall–Kier alpha value is -1.92. The molecule has 0 saturated carbocycles. The third kappa shape index (κ3) is 6.31. The third-order valence-corrected chi connectivity index (χ3v) is 2.12. The molecule has 0 spiro atoms. The summed E-state index contributed by atoms with van der Waals surface area (Å²) in [5.41, 5.74) is -0.538. The average Bonchev–Trinajstić information content (AvgIpc) is 2.28. The van der Waals surface area contributed by atoms with Crippen molar-refractivity contribution in [3.8, 4) is 0 Å². The fourth-order valence-electron chi connectivity index (χ4n) is 1.34. The molecule has 0 bridgehead atoms. The second-order valence-corrected chi connectivity index (χ2v) is 5.19. The van der Waals surface area contributed by atoms with Crippen LogP contribution in [-0.4, -0.2) is 29.8 Å². The number of alkyl carbamates (subject to hydrolysis) is 1. The molecule has 0 radical (unpaired) electrons. The highest BCUT2D eigenvalue weighted by Gasteiger charge is 2.15. The van der Waals surface area contributed by atoms with Gasteiger partial charge in [0.1, 0.15) is 11.4 Å². The number of carbonyl (C=O) groups is 1. The lowest BCUT2D eigenvalue weighted by molar-refractivity contribution is 0.0528. The lowest BCUT2D eigenvalue weighted by Crippen LogP contribution is -2.33. The molecule has 0 aromatic carbocycles. The molecule has 0 aliphatic carbocycles. The SMILES string of the molecule is CC(C)(C)OC(=O)NCCCNc1ncc(F)cc1F. The maximum atomic E-state index is 13.2. The van der Waals surface area contributed by atoms with Crippen LogP contribution in [0, 0.1) is 11.6 Å². The van der Waals surface area contributed by atoms with Gasteiger partial charge in [-0.3, -0.25) is 0 Å². The van der Waals surface area contributed by atoms with Crippen molar-refractivity contribution in [1.82, 2.24) is 10.3 Å². The van der Waals surface area contributed by atoms with E-state index in [1.807, 2.05) is 0 Å². The second kappa shape index (κ2) is 7.02. The molecular weight excluding hydrogens is 268 g/mol. The van der Waals surface area contributed by atoms with E-state index in [0.717, 1.165) is 12.3 Å². The van der Waals surface area contributed by atoms with Crippen LogP contribution in [0.1, 0.15) is 27.2 Å². The Morgan fingerprint density at radius 2 is 2.05 bits per heavy atom. The zero-order chi connectivity index (χ0) is 15.2. The van der Waals surface area contributed by atoms with Crippen molar-refractivity contribution in [2.75, 3.05) is 18.4 Å². The molecule has 112 valence electrons. The van der Waals surface area contributed by atoms with Crippen LogP contribution in [0.15, 0.2) is 12.3 Å². The Balaban J connectivity index is 2.21. The molecule has 0 aliphatic heterocycles. The van der Waals surface area contributed by atoms with Gasteiger partial charge in [0.25, 0.3) is 0 Å². The number of nitrogens with zero attached hydrogens (tertiary/aromatic N) is 1. The lowest BCUT2D eigenvalue weighted by Gasteiger charge is -2.19. The number of nitrogens with one attached hydrogen (secondary N) is 2. The fraction of sp³-hybridized carbons (Fsp3) is 0.538. The van der Waals surface area contributed by atoms with Gasteiger partial charge in [0.15, 0.2) is 11.6 Å². The van der Waals surface area contributed by atoms with Crippen LogP contribution in [0.25, 0.3) is 0 Å². The lowest BCUT2D eigenvalue weighted by atomic mass is 10.2. The molecule has 1 heterocycles. The van der Waals surface area contributed by atoms with E-state index in [4.69, 9.17) is 4.74 Å². The van der Waals surface area contributed by atoms with Crippen LogP contribution in [0.3, 0.4) is 0 Å². The minimum Gasteiger partial charge on any atom is -0.444 e. The summed E-state index contributed by atoms with van der Waals surface area (Å²) in [6.07, 6.45) is 0.992. The monoisotopic (exact) mass is 287 g/mol. The van der Waals surface area contributed by atoms with Crippen LogP contribution in [0.5, 0.6) is 0 Å². The standard InChI is InChI=1S/C13H19F2N3O2/c1-13(2,3)20-12(19)17-6-4-5-16-11-10(15)7-9(14)8-18-11/h7-8H,4-6H2,1-3H3,(H,16,18)(H,17,19). The largest absolute Gasteiger partial charge is 0.444 e. The number of anilines is 1. The molecule has 1 rings (SSSR count). The molecule has 2 N–H and O–H groups in total. The molecule has 0 atom stereocenters. The molecule has 1 aromatic heterocycles. The van der Waals surface area contributed by atoms with Crippen molar-refractivity contribution >= 4 is 11.9 Å². The molecular formula is C13H19F2N3O2. The van der Waals surface area contributed by atoms with E-state index in [1.165, 1.54) is 0 Å². The summed E-state index contributed by atoms with van der Waals surface area (Å²) in [4.78, 5) is 14.9. The molecule has 0 fully saturated rings. The van der Waals surface area contributed by atoms with Crippen LogP contribution < -0.4 is 10.6 Å². The van der Waals surface area contributed by atoms with Gasteiger partial charge >= 0.3 is 6.09 Å². The molecule has 1 aromatic rings. The highest BCUT2D eigenvalue weighted by molar-refractivity contribution is 5.67. The maximum absolute atomic E-state index is 13.2. The molecule has 7 heteroatoms. The maximum Gasteiger partial charge on any atom is 0.407 e.